The third-order valence-electron chi connectivity index (χ3n) is 4.25. The van der Waals surface area contributed by atoms with Crippen molar-refractivity contribution >= 4 is 5.91 Å². The van der Waals surface area contributed by atoms with Gasteiger partial charge in [-0.1, -0.05) is 53.2 Å². The summed E-state index contributed by atoms with van der Waals surface area (Å²) in [5.41, 5.74) is 3.65. The van der Waals surface area contributed by atoms with Crippen LogP contribution in [0.1, 0.15) is 11.1 Å². The van der Waals surface area contributed by atoms with E-state index in [-0.39, 0.29) is 12.5 Å². The summed E-state index contributed by atoms with van der Waals surface area (Å²) in [6.07, 6.45) is 3.31. The Balaban J connectivity index is 1.37. The summed E-state index contributed by atoms with van der Waals surface area (Å²) in [5, 5.41) is 6.88. The van der Waals surface area contributed by atoms with E-state index in [1.807, 2.05) is 61.5 Å². The Morgan fingerprint density at radius 3 is 2.68 bits per heavy atom. The first-order valence-electron chi connectivity index (χ1n) is 8.91. The summed E-state index contributed by atoms with van der Waals surface area (Å²) in [7, 11) is 0. The summed E-state index contributed by atoms with van der Waals surface area (Å²) >= 11 is 0. The molecule has 7 nitrogen and oxygen atoms in total. The van der Waals surface area contributed by atoms with Crippen LogP contribution < -0.4 is 5.32 Å². The molecule has 1 amide bonds. The van der Waals surface area contributed by atoms with Crippen LogP contribution in [0.15, 0.2) is 71.6 Å². The van der Waals surface area contributed by atoms with Crippen LogP contribution in [0.4, 0.5) is 0 Å². The van der Waals surface area contributed by atoms with Gasteiger partial charge in [0.25, 0.3) is 5.89 Å². The Hall–Kier alpha value is -3.74. The van der Waals surface area contributed by atoms with Crippen molar-refractivity contribution in [2.75, 3.05) is 0 Å². The molecule has 0 bridgehead atoms. The average molecular weight is 373 g/mol. The molecule has 2 heterocycles. The van der Waals surface area contributed by atoms with Crippen molar-refractivity contribution in [3.63, 3.8) is 0 Å². The summed E-state index contributed by atoms with van der Waals surface area (Å²) in [6.45, 7) is 2.69. The van der Waals surface area contributed by atoms with E-state index in [1.54, 1.807) is 17.1 Å². The van der Waals surface area contributed by atoms with Gasteiger partial charge in [-0.3, -0.25) is 4.79 Å². The lowest BCUT2D eigenvalue weighted by molar-refractivity contribution is -0.121. The number of imidazole rings is 1. The molecule has 2 aromatic carbocycles. The molecule has 7 heteroatoms. The first-order chi connectivity index (χ1) is 13.7. The fourth-order valence-corrected chi connectivity index (χ4v) is 2.72. The Bertz CT molecular complexity index is 1070. The second kappa shape index (κ2) is 7.87. The standard InChI is InChI=1S/C21H19N5O2/c1-15-7-9-16(10-8-15)11-22-19(27)13-26-12-18(23-14-26)20-24-21(28-25-20)17-5-3-2-4-6-17/h2-10,12,14H,11,13H2,1H3,(H,22,27). The van der Waals surface area contributed by atoms with E-state index in [2.05, 4.69) is 20.4 Å². The molecule has 0 aliphatic heterocycles. The van der Waals surface area contributed by atoms with E-state index in [9.17, 15) is 4.79 Å². The zero-order chi connectivity index (χ0) is 19.3. The number of carbonyl (C=O) groups excluding carboxylic acids is 1. The van der Waals surface area contributed by atoms with Gasteiger partial charge >= 0.3 is 0 Å². The molecule has 0 fully saturated rings. The van der Waals surface area contributed by atoms with Gasteiger partial charge in [0.05, 0.1) is 6.33 Å². The highest BCUT2D eigenvalue weighted by atomic mass is 16.5. The zero-order valence-corrected chi connectivity index (χ0v) is 15.4. The summed E-state index contributed by atoms with van der Waals surface area (Å²) < 4.78 is 6.99. The minimum absolute atomic E-state index is 0.0948. The van der Waals surface area contributed by atoms with E-state index in [4.69, 9.17) is 4.52 Å². The van der Waals surface area contributed by atoms with E-state index < -0.39 is 0 Å². The molecule has 28 heavy (non-hydrogen) atoms. The minimum Gasteiger partial charge on any atom is -0.350 e. The number of nitrogens with one attached hydrogen (secondary N) is 1. The quantitative estimate of drug-likeness (QED) is 0.561. The van der Waals surface area contributed by atoms with Gasteiger partial charge in [0.2, 0.25) is 11.7 Å². The molecule has 4 aromatic rings. The van der Waals surface area contributed by atoms with Gasteiger partial charge in [0.1, 0.15) is 12.2 Å². The molecular weight excluding hydrogens is 354 g/mol. The van der Waals surface area contributed by atoms with Crippen molar-refractivity contribution in [2.24, 2.45) is 0 Å². The SMILES string of the molecule is Cc1ccc(CNC(=O)Cn2cnc(-c3noc(-c4ccccc4)n3)c2)cc1. The fourth-order valence-electron chi connectivity index (χ4n) is 2.72. The van der Waals surface area contributed by atoms with Crippen molar-refractivity contribution in [3.8, 4) is 23.0 Å². The minimum atomic E-state index is -0.0948. The van der Waals surface area contributed by atoms with Crippen LogP contribution in [-0.4, -0.2) is 25.6 Å². The summed E-state index contributed by atoms with van der Waals surface area (Å²) in [6, 6.07) is 17.6. The number of carbonyl (C=O) groups is 1. The molecule has 0 saturated carbocycles. The topological polar surface area (TPSA) is 85.8 Å². The smallest absolute Gasteiger partial charge is 0.258 e. The van der Waals surface area contributed by atoms with Gasteiger partial charge in [-0.2, -0.15) is 4.98 Å². The Kier molecular flexibility index (Phi) is 4.97. The van der Waals surface area contributed by atoms with Gasteiger partial charge in [0.15, 0.2) is 0 Å². The third kappa shape index (κ3) is 4.15. The first-order valence-corrected chi connectivity index (χ1v) is 8.91. The highest BCUT2D eigenvalue weighted by Gasteiger charge is 2.13. The number of amides is 1. The molecule has 140 valence electrons. The monoisotopic (exact) mass is 373 g/mol. The second-order valence-corrected chi connectivity index (χ2v) is 6.48. The van der Waals surface area contributed by atoms with E-state index in [1.165, 1.54) is 5.56 Å². The highest BCUT2D eigenvalue weighted by Crippen LogP contribution is 2.20. The van der Waals surface area contributed by atoms with Gasteiger partial charge < -0.3 is 14.4 Å². The number of nitrogens with zero attached hydrogens (tertiary/aromatic N) is 4. The van der Waals surface area contributed by atoms with Gasteiger partial charge in [-0.05, 0) is 24.6 Å². The first kappa shape index (κ1) is 17.7. The normalized spacial score (nSPS) is 10.8. The fraction of sp³-hybridized carbons (Fsp3) is 0.143. The molecular formula is C21H19N5O2. The molecule has 0 spiro atoms. The van der Waals surface area contributed by atoms with Crippen molar-refractivity contribution in [1.29, 1.82) is 0 Å². The average Bonchev–Trinajstić information content (AvgIpc) is 3.38. The number of benzene rings is 2. The zero-order valence-electron chi connectivity index (χ0n) is 15.4. The van der Waals surface area contributed by atoms with Gasteiger partial charge in [-0.25, -0.2) is 4.98 Å². The van der Waals surface area contributed by atoms with Crippen molar-refractivity contribution < 1.29 is 9.32 Å². The maximum Gasteiger partial charge on any atom is 0.258 e. The lowest BCUT2D eigenvalue weighted by atomic mass is 10.1. The van der Waals surface area contributed by atoms with Gasteiger partial charge in [-0.15, -0.1) is 0 Å². The Morgan fingerprint density at radius 2 is 1.89 bits per heavy atom. The number of hydrogen-bond donors (Lipinski definition) is 1. The number of hydrogen-bond acceptors (Lipinski definition) is 5. The van der Waals surface area contributed by atoms with E-state index in [0.717, 1.165) is 11.1 Å². The summed E-state index contributed by atoms with van der Waals surface area (Å²) in [5.74, 6) is 0.723. The molecule has 0 atom stereocenters. The van der Waals surface area contributed by atoms with Crippen LogP contribution in [0.2, 0.25) is 0 Å². The van der Waals surface area contributed by atoms with Crippen LogP contribution >= 0.6 is 0 Å². The number of aryl methyl sites for hydroxylation is 1. The lowest BCUT2D eigenvalue weighted by Crippen LogP contribution is -2.26. The molecule has 1 N–H and O–H groups in total. The molecule has 0 aliphatic carbocycles. The predicted octanol–water partition coefficient (Wildman–Crippen LogP) is 3.22. The number of aromatic nitrogens is 4. The Labute approximate surface area is 162 Å². The molecule has 2 aromatic heterocycles. The van der Waals surface area contributed by atoms with Crippen LogP contribution in [0.25, 0.3) is 23.0 Å². The van der Waals surface area contributed by atoms with Crippen LogP contribution in [-0.2, 0) is 17.9 Å². The molecule has 4 rings (SSSR count). The van der Waals surface area contributed by atoms with E-state index >= 15 is 0 Å². The van der Waals surface area contributed by atoms with Crippen LogP contribution in [0, 0.1) is 6.92 Å². The Morgan fingerprint density at radius 1 is 1.11 bits per heavy atom. The summed E-state index contributed by atoms with van der Waals surface area (Å²) in [4.78, 5) is 20.8. The van der Waals surface area contributed by atoms with Crippen LogP contribution in [0.3, 0.4) is 0 Å². The van der Waals surface area contributed by atoms with Crippen molar-refractivity contribution in [2.45, 2.75) is 20.0 Å². The maximum atomic E-state index is 12.2. The molecule has 0 unspecified atom stereocenters. The second-order valence-electron chi connectivity index (χ2n) is 6.48. The third-order valence-corrected chi connectivity index (χ3v) is 4.25. The molecule has 0 aliphatic rings. The van der Waals surface area contributed by atoms with Gasteiger partial charge in [0, 0.05) is 18.3 Å². The predicted molar refractivity (Wildman–Crippen MR) is 104 cm³/mol. The van der Waals surface area contributed by atoms with Crippen molar-refractivity contribution in [1.82, 2.24) is 25.0 Å². The molecule has 0 saturated heterocycles. The largest absolute Gasteiger partial charge is 0.350 e. The van der Waals surface area contributed by atoms with Crippen LogP contribution in [0.5, 0.6) is 0 Å². The number of rotatable bonds is 6. The lowest BCUT2D eigenvalue weighted by Gasteiger charge is -2.06. The van der Waals surface area contributed by atoms with E-state index in [0.29, 0.717) is 24.0 Å². The van der Waals surface area contributed by atoms with Crippen molar-refractivity contribution in [3.05, 3.63) is 78.2 Å². The molecule has 0 radical (unpaired) electrons. The highest BCUT2D eigenvalue weighted by molar-refractivity contribution is 5.75. The maximum absolute atomic E-state index is 12.2.